The molecule has 0 fully saturated rings. The van der Waals surface area contributed by atoms with Crippen LogP contribution in [0.5, 0.6) is 5.75 Å². The second-order valence-corrected chi connectivity index (χ2v) is 3.51. The topological polar surface area (TPSA) is 26.3 Å². The molecule has 70 valence electrons. The highest BCUT2D eigenvalue weighted by Gasteiger charge is 2.09. The zero-order valence-corrected chi connectivity index (χ0v) is 8.87. The first-order valence-electron chi connectivity index (χ1n) is 3.33. The van der Waals surface area contributed by atoms with Crippen LogP contribution in [0.4, 0.5) is 0 Å². The van der Waals surface area contributed by atoms with Gasteiger partial charge in [0.15, 0.2) is 5.75 Å². The van der Waals surface area contributed by atoms with Crippen molar-refractivity contribution in [1.29, 1.82) is 0 Å². The number of carbonyl (C=O) groups is 1. The van der Waals surface area contributed by atoms with Gasteiger partial charge < -0.3 is 4.74 Å². The third-order valence-electron chi connectivity index (χ3n) is 1.21. The van der Waals surface area contributed by atoms with Gasteiger partial charge in [0.2, 0.25) is 0 Å². The molecule has 0 unspecified atom stereocenters. The van der Waals surface area contributed by atoms with Crippen LogP contribution >= 0.6 is 34.8 Å². The maximum atomic E-state index is 10.6. The van der Waals surface area contributed by atoms with E-state index in [4.69, 9.17) is 39.5 Å². The van der Waals surface area contributed by atoms with Crippen molar-refractivity contribution in [3.05, 3.63) is 27.2 Å². The summed E-state index contributed by atoms with van der Waals surface area (Å²) in [4.78, 5) is 10.6. The average Bonchev–Trinajstić information content (AvgIpc) is 1.98. The summed E-state index contributed by atoms with van der Waals surface area (Å²) in [6.07, 6.45) is 0. The Morgan fingerprint density at radius 2 is 1.92 bits per heavy atom. The van der Waals surface area contributed by atoms with Crippen LogP contribution in [0.15, 0.2) is 12.1 Å². The third kappa shape index (κ3) is 2.76. The van der Waals surface area contributed by atoms with Crippen molar-refractivity contribution in [1.82, 2.24) is 0 Å². The van der Waals surface area contributed by atoms with E-state index < -0.39 is 5.97 Å². The van der Waals surface area contributed by atoms with Crippen molar-refractivity contribution in [2.45, 2.75) is 6.92 Å². The maximum absolute atomic E-state index is 10.6. The number of benzene rings is 1. The lowest BCUT2D eigenvalue weighted by Gasteiger charge is -2.05. The highest BCUT2D eigenvalue weighted by molar-refractivity contribution is 6.44. The minimum atomic E-state index is -0.472. The van der Waals surface area contributed by atoms with E-state index in [-0.39, 0.29) is 15.8 Å². The van der Waals surface area contributed by atoms with Crippen molar-refractivity contribution in [3.63, 3.8) is 0 Å². The molecule has 0 saturated heterocycles. The van der Waals surface area contributed by atoms with Gasteiger partial charge in [0.05, 0.1) is 5.02 Å². The smallest absolute Gasteiger partial charge is 0.308 e. The molecule has 1 rings (SSSR count). The summed E-state index contributed by atoms with van der Waals surface area (Å²) in [5.74, 6) is -0.299. The van der Waals surface area contributed by atoms with Gasteiger partial charge in [0, 0.05) is 18.0 Å². The Balaban J connectivity index is 3.12. The lowest BCUT2D eigenvalue weighted by atomic mass is 10.3. The lowest BCUT2D eigenvalue weighted by molar-refractivity contribution is -0.131. The molecule has 0 aromatic heterocycles. The third-order valence-corrected chi connectivity index (χ3v) is 2.22. The molecule has 5 heteroatoms. The minimum absolute atomic E-state index is 0.173. The van der Waals surface area contributed by atoms with Crippen LogP contribution in [0.2, 0.25) is 15.1 Å². The van der Waals surface area contributed by atoms with Gasteiger partial charge in [-0.3, -0.25) is 4.79 Å². The fourth-order valence-electron chi connectivity index (χ4n) is 0.761. The van der Waals surface area contributed by atoms with Gasteiger partial charge in [-0.2, -0.15) is 0 Å². The summed E-state index contributed by atoms with van der Waals surface area (Å²) in [5.41, 5.74) is 0. The van der Waals surface area contributed by atoms with Crippen molar-refractivity contribution < 1.29 is 9.53 Å². The van der Waals surface area contributed by atoms with E-state index in [1.165, 1.54) is 19.1 Å². The first kappa shape index (κ1) is 10.6. The highest BCUT2D eigenvalue weighted by atomic mass is 35.5. The Bertz CT molecular complexity index is 349. The van der Waals surface area contributed by atoms with Crippen LogP contribution in [0.3, 0.4) is 0 Å². The molecule has 0 heterocycles. The molecule has 13 heavy (non-hydrogen) atoms. The van der Waals surface area contributed by atoms with Gasteiger partial charge >= 0.3 is 5.97 Å². The molecule has 0 bridgehead atoms. The van der Waals surface area contributed by atoms with Gasteiger partial charge in [-0.1, -0.05) is 34.8 Å². The molecule has 0 amide bonds. The molecule has 0 radical (unpaired) electrons. The zero-order valence-electron chi connectivity index (χ0n) is 6.61. The Morgan fingerprint density at radius 3 is 2.46 bits per heavy atom. The molecule has 1 aromatic rings. The second-order valence-electron chi connectivity index (χ2n) is 2.29. The predicted octanol–water partition coefficient (Wildman–Crippen LogP) is 3.57. The number of halogens is 3. The number of ether oxygens (including phenoxy) is 1. The molecule has 0 N–H and O–H groups in total. The molecular weight excluding hydrogens is 234 g/mol. The van der Waals surface area contributed by atoms with Gasteiger partial charge in [-0.15, -0.1) is 0 Å². The molecule has 0 aliphatic carbocycles. The van der Waals surface area contributed by atoms with E-state index in [9.17, 15) is 4.79 Å². The SMILES string of the molecule is CC(=O)Oc1cc(Cl)cc(Cl)c1Cl. The summed E-state index contributed by atoms with van der Waals surface area (Å²) >= 11 is 17.1. The van der Waals surface area contributed by atoms with Crippen LogP contribution < -0.4 is 4.74 Å². The molecular formula is C8H5Cl3O2. The fourth-order valence-corrected chi connectivity index (χ4v) is 1.38. The van der Waals surface area contributed by atoms with Crippen LogP contribution in [0.25, 0.3) is 0 Å². The molecule has 2 nitrogen and oxygen atoms in total. The quantitative estimate of drug-likeness (QED) is 0.425. The van der Waals surface area contributed by atoms with E-state index in [2.05, 4.69) is 0 Å². The summed E-state index contributed by atoms with van der Waals surface area (Å²) in [6.45, 7) is 1.27. The first-order chi connectivity index (χ1) is 6.00. The van der Waals surface area contributed by atoms with Crippen LogP contribution in [0.1, 0.15) is 6.92 Å². The van der Waals surface area contributed by atoms with Gasteiger partial charge in [0.1, 0.15) is 5.02 Å². The largest absolute Gasteiger partial charge is 0.425 e. The molecule has 0 aliphatic heterocycles. The molecule has 0 atom stereocenters. The van der Waals surface area contributed by atoms with Crippen molar-refractivity contribution >= 4 is 40.8 Å². The van der Waals surface area contributed by atoms with Gasteiger partial charge in [0.25, 0.3) is 0 Å². The van der Waals surface area contributed by atoms with E-state index in [0.717, 1.165) is 0 Å². The van der Waals surface area contributed by atoms with Crippen LogP contribution in [-0.2, 0) is 4.79 Å². The van der Waals surface area contributed by atoms with Crippen LogP contribution in [0, 0.1) is 0 Å². The summed E-state index contributed by atoms with van der Waals surface area (Å²) in [6, 6.07) is 2.90. The van der Waals surface area contributed by atoms with Crippen molar-refractivity contribution in [2.24, 2.45) is 0 Å². The standard InChI is InChI=1S/C8H5Cl3O2/c1-4(12)13-7-3-5(9)2-6(10)8(7)11/h2-3H,1H3. The Hall–Kier alpha value is -0.440. The monoisotopic (exact) mass is 238 g/mol. The number of esters is 1. The number of hydrogen-bond acceptors (Lipinski definition) is 2. The summed E-state index contributed by atoms with van der Waals surface area (Å²) in [5, 5.41) is 0.803. The molecule has 0 aliphatic rings. The van der Waals surface area contributed by atoms with Gasteiger partial charge in [-0.25, -0.2) is 0 Å². The second kappa shape index (κ2) is 4.18. The van der Waals surface area contributed by atoms with E-state index >= 15 is 0 Å². The van der Waals surface area contributed by atoms with Crippen LogP contribution in [-0.4, -0.2) is 5.97 Å². The van der Waals surface area contributed by atoms with Gasteiger partial charge in [-0.05, 0) is 6.07 Å². The molecule has 0 spiro atoms. The van der Waals surface area contributed by atoms with E-state index in [0.29, 0.717) is 5.02 Å². The minimum Gasteiger partial charge on any atom is -0.425 e. The van der Waals surface area contributed by atoms with Crippen molar-refractivity contribution in [2.75, 3.05) is 0 Å². The molecule has 1 aromatic carbocycles. The normalized spacial score (nSPS) is 9.85. The number of hydrogen-bond donors (Lipinski definition) is 0. The van der Waals surface area contributed by atoms with E-state index in [1.54, 1.807) is 0 Å². The highest BCUT2D eigenvalue weighted by Crippen LogP contribution is 2.35. The predicted molar refractivity (Wildman–Crippen MR) is 52.8 cm³/mol. The lowest BCUT2D eigenvalue weighted by Crippen LogP contribution is -2.01. The first-order valence-corrected chi connectivity index (χ1v) is 4.47. The summed E-state index contributed by atoms with van der Waals surface area (Å²) < 4.78 is 4.77. The number of rotatable bonds is 1. The molecule has 0 saturated carbocycles. The Labute approximate surface area is 90.3 Å². The Kier molecular flexibility index (Phi) is 3.42. The average molecular weight is 239 g/mol. The van der Waals surface area contributed by atoms with Crippen molar-refractivity contribution in [3.8, 4) is 5.75 Å². The zero-order chi connectivity index (χ0) is 10.0. The number of carbonyl (C=O) groups excluding carboxylic acids is 1. The fraction of sp³-hybridized carbons (Fsp3) is 0.125. The summed E-state index contributed by atoms with van der Waals surface area (Å²) in [7, 11) is 0. The Morgan fingerprint density at radius 1 is 1.31 bits per heavy atom. The van der Waals surface area contributed by atoms with E-state index in [1.807, 2.05) is 0 Å². The maximum Gasteiger partial charge on any atom is 0.308 e.